The van der Waals surface area contributed by atoms with Gasteiger partial charge in [0.2, 0.25) is 5.43 Å². The number of benzene rings is 1. The predicted octanol–water partition coefficient (Wildman–Crippen LogP) is 1.95. The number of carbonyl (C=O) groups excluding carboxylic acids is 1. The van der Waals surface area contributed by atoms with Crippen LogP contribution in [0.4, 0.5) is 0 Å². The van der Waals surface area contributed by atoms with Crippen LogP contribution >= 0.6 is 0 Å². The summed E-state index contributed by atoms with van der Waals surface area (Å²) in [4.78, 5) is 27.7. The van der Waals surface area contributed by atoms with Crippen molar-refractivity contribution in [1.82, 2.24) is 9.58 Å². The van der Waals surface area contributed by atoms with E-state index in [0.29, 0.717) is 6.54 Å². The van der Waals surface area contributed by atoms with Crippen LogP contribution in [0.1, 0.15) is 35.3 Å². The van der Waals surface area contributed by atoms with Gasteiger partial charge in [0.25, 0.3) is 5.91 Å². The van der Waals surface area contributed by atoms with Gasteiger partial charge in [-0.3, -0.25) is 14.3 Å². The summed E-state index contributed by atoms with van der Waals surface area (Å²) in [5.74, 6) is -0.0388. The molecule has 1 spiro atoms. The van der Waals surface area contributed by atoms with Crippen molar-refractivity contribution in [2.45, 2.75) is 32.0 Å². The van der Waals surface area contributed by atoms with E-state index in [4.69, 9.17) is 9.47 Å². The second-order valence-electron chi connectivity index (χ2n) is 7.90. The van der Waals surface area contributed by atoms with Crippen LogP contribution in [-0.2, 0) is 11.3 Å². The van der Waals surface area contributed by atoms with Crippen molar-refractivity contribution in [2.24, 2.45) is 5.41 Å². The molecule has 7 heteroatoms. The number of hydrogen-bond acceptors (Lipinski definition) is 5. The minimum atomic E-state index is -0.282. The molecule has 1 amide bonds. The standard InChI is InChI=1S/C21H23N3O4/c25-16-6-9-24-18(19(16)28-13-15-4-2-1-3-5-15)20(26)23-14-21(12-17(23)22-24)7-10-27-11-8-21/h1-6,9,17,22H,7-8,10-14H2. The van der Waals surface area contributed by atoms with Crippen LogP contribution in [0.3, 0.4) is 0 Å². The lowest BCUT2D eigenvalue weighted by atomic mass is 9.79. The van der Waals surface area contributed by atoms with E-state index < -0.39 is 0 Å². The normalized spacial score (nSPS) is 22.5. The molecule has 1 N–H and O–H groups in total. The SMILES string of the molecule is O=C1c2c(OCc3ccccc3)c(=O)ccn2NC2CC3(CCOCC3)CN12. The van der Waals surface area contributed by atoms with E-state index >= 15 is 0 Å². The maximum atomic E-state index is 13.3. The van der Waals surface area contributed by atoms with Gasteiger partial charge in [-0.1, -0.05) is 30.3 Å². The average Bonchev–Trinajstić information content (AvgIpc) is 3.07. The second kappa shape index (κ2) is 6.67. The number of hydrogen-bond donors (Lipinski definition) is 1. The molecule has 0 aliphatic carbocycles. The van der Waals surface area contributed by atoms with Crippen LogP contribution in [-0.4, -0.2) is 41.4 Å². The lowest BCUT2D eigenvalue weighted by Crippen LogP contribution is -2.50. The molecule has 1 aromatic heterocycles. The summed E-state index contributed by atoms with van der Waals surface area (Å²) in [5, 5.41) is 0. The van der Waals surface area contributed by atoms with Crippen molar-refractivity contribution >= 4 is 5.91 Å². The minimum absolute atomic E-state index is 0.0671. The van der Waals surface area contributed by atoms with Crippen molar-refractivity contribution in [3.63, 3.8) is 0 Å². The van der Waals surface area contributed by atoms with Crippen molar-refractivity contribution in [3.8, 4) is 5.75 Å². The molecule has 7 nitrogen and oxygen atoms in total. The molecule has 0 radical (unpaired) electrons. The first-order chi connectivity index (χ1) is 13.7. The monoisotopic (exact) mass is 381 g/mol. The number of amides is 1. The zero-order chi connectivity index (χ0) is 19.1. The quantitative estimate of drug-likeness (QED) is 0.880. The molecule has 3 aliphatic heterocycles. The van der Waals surface area contributed by atoms with Gasteiger partial charge < -0.3 is 19.8 Å². The maximum Gasteiger partial charge on any atom is 0.278 e. The van der Waals surface area contributed by atoms with Crippen LogP contribution in [0.15, 0.2) is 47.4 Å². The Bertz CT molecular complexity index is 950. The van der Waals surface area contributed by atoms with Crippen LogP contribution in [0.5, 0.6) is 5.75 Å². The molecule has 1 atom stereocenters. The van der Waals surface area contributed by atoms with Crippen molar-refractivity contribution < 1.29 is 14.3 Å². The summed E-state index contributed by atoms with van der Waals surface area (Å²) in [6.45, 7) is 2.41. The Hall–Kier alpha value is -2.80. The molecule has 28 heavy (non-hydrogen) atoms. The highest BCUT2D eigenvalue weighted by Gasteiger charge is 2.49. The summed E-state index contributed by atoms with van der Waals surface area (Å²) in [6, 6.07) is 11.1. The first-order valence-corrected chi connectivity index (χ1v) is 9.73. The molecule has 2 fully saturated rings. The third kappa shape index (κ3) is 2.86. The van der Waals surface area contributed by atoms with Gasteiger partial charge in [-0.15, -0.1) is 0 Å². The molecule has 0 saturated carbocycles. The Morgan fingerprint density at radius 2 is 1.93 bits per heavy atom. The largest absolute Gasteiger partial charge is 0.482 e. The van der Waals surface area contributed by atoms with E-state index in [1.54, 1.807) is 10.9 Å². The van der Waals surface area contributed by atoms with Crippen molar-refractivity contribution in [1.29, 1.82) is 0 Å². The Balaban J connectivity index is 1.44. The lowest BCUT2D eigenvalue weighted by molar-refractivity contribution is 0.0190. The molecule has 0 bridgehead atoms. The number of rotatable bonds is 3. The fourth-order valence-electron chi connectivity index (χ4n) is 4.54. The highest BCUT2D eigenvalue weighted by molar-refractivity contribution is 5.96. The number of carbonyl (C=O) groups is 1. The summed E-state index contributed by atoms with van der Waals surface area (Å²) in [5.41, 5.74) is 4.43. The molecule has 2 aromatic rings. The first-order valence-electron chi connectivity index (χ1n) is 9.73. The van der Waals surface area contributed by atoms with Crippen LogP contribution in [0.25, 0.3) is 0 Å². The fourth-order valence-corrected chi connectivity index (χ4v) is 4.54. The maximum absolute atomic E-state index is 13.3. The van der Waals surface area contributed by atoms with E-state index in [0.717, 1.165) is 38.0 Å². The number of nitrogens with one attached hydrogen (secondary N) is 1. The zero-order valence-corrected chi connectivity index (χ0v) is 15.6. The third-order valence-electron chi connectivity index (χ3n) is 6.09. The van der Waals surface area contributed by atoms with Gasteiger partial charge in [-0.25, -0.2) is 0 Å². The fraction of sp³-hybridized carbons (Fsp3) is 0.429. The first kappa shape index (κ1) is 17.3. The molecular formula is C21H23N3O4. The van der Waals surface area contributed by atoms with Gasteiger partial charge in [0.05, 0.1) is 0 Å². The smallest absolute Gasteiger partial charge is 0.278 e. The van der Waals surface area contributed by atoms with Gasteiger partial charge in [-0.05, 0) is 30.2 Å². The van der Waals surface area contributed by atoms with Crippen LogP contribution in [0.2, 0.25) is 0 Å². The summed E-state index contributed by atoms with van der Waals surface area (Å²) < 4.78 is 13.0. The van der Waals surface area contributed by atoms with E-state index in [9.17, 15) is 9.59 Å². The summed E-state index contributed by atoms with van der Waals surface area (Å²) >= 11 is 0. The number of pyridine rings is 1. The Labute approximate surface area is 162 Å². The van der Waals surface area contributed by atoms with Crippen molar-refractivity contribution in [2.75, 3.05) is 25.2 Å². The second-order valence-corrected chi connectivity index (χ2v) is 7.90. The average molecular weight is 381 g/mol. The minimum Gasteiger partial charge on any atom is -0.482 e. The van der Waals surface area contributed by atoms with Gasteiger partial charge >= 0.3 is 0 Å². The molecule has 1 unspecified atom stereocenters. The van der Waals surface area contributed by atoms with E-state index in [-0.39, 0.29) is 41.0 Å². The zero-order valence-electron chi connectivity index (χ0n) is 15.6. The van der Waals surface area contributed by atoms with Gasteiger partial charge in [-0.2, -0.15) is 0 Å². The Morgan fingerprint density at radius 1 is 1.14 bits per heavy atom. The molecule has 1 aromatic carbocycles. The van der Waals surface area contributed by atoms with Gasteiger partial charge in [0, 0.05) is 32.0 Å². The molecule has 5 rings (SSSR count). The van der Waals surface area contributed by atoms with Crippen LogP contribution < -0.4 is 15.6 Å². The Morgan fingerprint density at radius 3 is 2.71 bits per heavy atom. The van der Waals surface area contributed by atoms with Gasteiger partial charge in [0.1, 0.15) is 12.8 Å². The molecule has 2 saturated heterocycles. The molecule has 3 aliphatic rings. The molecule has 146 valence electrons. The van der Waals surface area contributed by atoms with E-state index in [1.165, 1.54) is 6.07 Å². The molecule has 4 heterocycles. The number of aromatic nitrogens is 1. The lowest BCUT2D eigenvalue weighted by Gasteiger charge is -2.34. The van der Waals surface area contributed by atoms with Crippen LogP contribution in [0, 0.1) is 5.41 Å². The van der Waals surface area contributed by atoms with E-state index in [2.05, 4.69) is 5.43 Å². The third-order valence-corrected chi connectivity index (χ3v) is 6.09. The number of ether oxygens (including phenoxy) is 2. The summed E-state index contributed by atoms with van der Waals surface area (Å²) in [6.07, 6.45) is 4.37. The Kier molecular flexibility index (Phi) is 4.12. The van der Waals surface area contributed by atoms with Crippen molar-refractivity contribution in [3.05, 3.63) is 64.1 Å². The highest BCUT2D eigenvalue weighted by Crippen LogP contribution is 2.44. The predicted molar refractivity (Wildman–Crippen MR) is 103 cm³/mol. The van der Waals surface area contributed by atoms with Gasteiger partial charge in [0.15, 0.2) is 11.4 Å². The number of fused-ring (bicyclic) bond motifs is 2. The topological polar surface area (TPSA) is 72.8 Å². The highest BCUT2D eigenvalue weighted by atomic mass is 16.5. The molecular weight excluding hydrogens is 358 g/mol. The van der Waals surface area contributed by atoms with E-state index in [1.807, 2.05) is 35.2 Å². The summed E-state index contributed by atoms with van der Waals surface area (Å²) in [7, 11) is 0. The number of nitrogens with zero attached hydrogens (tertiary/aromatic N) is 2.